The smallest absolute Gasteiger partial charge is 0.236 e. The molecule has 0 aliphatic carbocycles. The first kappa shape index (κ1) is 20.1. The second kappa shape index (κ2) is 10.6. The third-order valence-corrected chi connectivity index (χ3v) is 6.64. The molecule has 0 bridgehead atoms. The van der Waals surface area contributed by atoms with Gasteiger partial charge in [-0.15, -0.1) is 22.0 Å². The van der Waals surface area contributed by atoms with Gasteiger partial charge in [-0.05, 0) is 5.56 Å². The van der Waals surface area contributed by atoms with Gasteiger partial charge >= 0.3 is 0 Å². The minimum atomic E-state index is -0.175. The number of hydrogen-bond acceptors (Lipinski definition) is 8. The van der Waals surface area contributed by atoms with Gasteiger partial charge in [0.2, 0.25) is 16.9 Å². The average Bonchev–Trinajstić information content (AvgIpc) is 3.15. The maximum absolute atomic E-state index is 12.0. The minimum absolute atomic E-state index is 0.0478. The van der Waals surface area contributed by atoms with Crippen LogP contribution < -0.4 is 5.32 Å². The Balaban J connectivity index is 1.35. The molecule has 2 amide bonds. The molecule has 1 saturated heterocycles. The quantitative estimate of drug-likeness (QED) is 0.514. The first-order valence-corrected chi connectivity index (χ1v) is 11.4. The Morgan fingerprint density at radius 2 is 1.93 bits per heavy atom. The fourth-order valence-electron chi connectivity index (χ4n) is 2.33. The number of nitrogens with zero attached hydrogens (tertiary/aromatic N) is 3. The first-order chi connectivity index (χ1) is 13.2. The summed E-state index contributed by atoms with van der Waals surface area (Å²) in [5.41, 5.74) is 1.21. The summed E-state index contributed by atoms with van der Waals surface area (Å²) in [4.78, 5) is 25.8. The summed E-state index contributed by atoms with van der Waals surface area (Å²) in [5.74, 6) is 1.18. The first-order valence-electron chi connectivity index (χ1n) is 8.44. The molecule has 0 radical (unpaired) electrons. The normalized spacial score (nSPS) is 14.1. The molecule has 0 spiro atoms. The van der Waals surface area contributed by atoms with E-state index in [1.165, 1.54) is 28.7 Å². The van der Waals surface area contributed by atoms with Gasteiger partial charge in [0.15, 0.2) is 4.34 Å². The number of carbonyl (C=O) groups is 2. The molecule has 0 atom stereocenters. The van der Waals surface area contributed by atoms with Crippen LogP contribution in [0, 0.1) is 0 Å². The number of rotatable bonds is 8. The maximum Gasteiger partial charge on any atom is 0.236 e. The molecule has 3 rings (SSSR count). The molecule has 144 valence electrons. The van der Waals surface area contributed by atoms with Crippen molar-refractivity contribution >= 4 is 51.8 Å². The van der Waals surface area contributed by atoms with E-state index in [0.29, 0.717) is 37.2 Å². The van der Waals surface area contributed by atoms with E-state index in [0.717, 1.165) is 10.1 Å². The van der Waals surface area contributed by atoms with Crippen molar-refractivity contribution in [1.82, 2.24) is 15.1 Å². The van der Waals surface area contributed by atoms with Crippen LogP contribution in [0.2, 0.25) is 0 Å². The van der Waals surface area contributed by atoms with Crippen LogP contribution in [0.15, 0.2) is 34.7 Å². The van der Waals surface area contributed by atoms with Crippen molar-refractivity contribution in [3.8, 4) is 0 Å². The molecule has 10 heteroatoms. The highest BCUT2D eigenvalue weighted by atomic mass is 32.2. The van der Waals surface area contributed by atoms with Crippen molar-refractivity contribution in [2.24, 2.45) is 0 Å². The van der Waals surface area contributed by atoms with E-state index in [1.54, 1.807) is 16.7 Å². The molecule has 27 heavy (non-hydrogen) atoms. The Hall–Kier alpha value is -1.62. The van der Waals surface area contributed by atoms with E-state index in [9.17, 15) is 9.59 Å². The monoisotopic (exact) mass is 424 g/mol. The molecular formula is C17H20N4O3S3. The van der Waals surface area contributed by atoms with Crippen molar-refractivity contribution in [1.29, 1.82) is 0 Å². The second-order valence-corrected chi connectivity index (χ2v) is 8.87. The Kier molecular flexibility index (Phi) is 7.93. The Labute approximate surface area is 170 Å². The summed E-state index contributed by atoms with van der Waals surface area (Å²) in [6.45, 7) is 2.41. The summed E-state index contributed by atoms with van der Waals surface area (Å²) < 4.78 is 6.03. The van der Waals surface area contributed by atoms with Crippen molar-refractivity contribution < 1.29 is 14.3 Å². The molecule has 1 aliphatic heterocycles. The summed E-state index contributed by atoms with van der Waals surface area (Å²) in [6, 6.07) is 10.1. The van der Waals surface area contributed by atoms with Gasteiger partial charge in [-0.1, -0.05) is 53.4 Å². The van der Waals surface area contributed by atoms with Crippen LogP contribution in [0.5, 0.6) is 0 Å². The van der Waals surface area contributed by atoms with Crippen molar-refractivity contribution in [2.75, 3.05) is 43.1 Å². The highest BCUT2D eigenvalue weighted by Gasteiger charge is 2.17. The maximum atomic E-state index is 12.0. The zero-order chi connectivity index (χ0) is 18.9. The Morgan fingerprint density at radius 3 is 2.70 bits per heavy atom. The SMILES string of the molecule is O=C(CSCC(=O)N1CCOCC1)Nc1nnc(SCc2ccccc2)s1. The Morgan fingerprint density at radius 1 is 1.15 bits per heavy atom. The third kappa shape index (κ3) is 6.80. The van der Waals surface area contributed by atoms with Crippen LogP contribution in [-0.4, -0.2) is 64.7 Å². The number of amides is 2. The van der Waals surface area contributed by atoms with Crippen LogP contribution in [0.25, 0.3) is 0 Å². The van der Waals surface area contributed by atoms with Gasteiger partial charge in [-0.3, -0.25) is 14.9 Å². The van der Waals surface area contributed by atoms with Gasteiger partial charge in [0, 0.05) is 18.8 Å². The van der Waals surface area contributed by atoms with Crippen molar-refractivity contribution in [3.63, 3.8) is 0 Å². The predicted octanol–water partition coefficient (Wildman–Crippen LogP) is 2.36. The van der Waals surface area contributed by atoms with Crippen LogP contribution in [0.1, 0.15) is 5.56 Å². The van der Waals surface area contributed by atoms with Crippen LogP contribution in [0.3, 0.4) is 0 Å². The van der Waals surface area contributed by atoms with Crippen molar-refractivity contribution in [2.45, 2.75) is 10.1 Å². The van der Waals surface area contributed by atoms with Gasteiger partial charge in [-0.2, -0.15) is 0 Å². The molecule has 1 aromatic carbocycles. The van der Waals surface area contributed by atoms with Crippen LogP contribution >= 0.6 is 34.9 Å². The van der Waals surface area contributed by atoms with E-state index in [2.05, 4.69) is 27.6 Å². The molecule has 1 fully saturated rings. The minimum Gasteiger partial charge on any atom is -0.378 e. The van der Waals surface area contributed by atoms with Crippen LogP contribution in [-0.2, 0) is 20.1 Å². The molecule has 0 saturated carbocycles. The molecule has 2 heterocycles. The van der Waals surface area contributed by atoms with E-state index in [4.69, 9.17) is 4.74 Å². The van der Waals surface area contributed by atoms with Gasteiger partial charge in [0.25, 0.3) is 0 Å². The Bertz CT molecular complexity index is 751. The average molecular weight is 425 g/mol. The highest BCUT2D eigenvalue weighted by molar-refractivity contribution is 8.00. The molecule has 7 nitrogen and oxygen atoms in total. The summed E-state index contributed by atoms with van der Waals surface area (Å²) in [7, 11) is 0. The number of nitrogens with one attached hydrogen (secondary N) is 1. The number of ether oxygens (including phenoxy) is 1. The lowest BCUT2D eigenvalue weighted by molar-refractivity contribution is -0.132. The van der Waals surface area contributed by atoms with E-state index >= 15 is 0 Å². The number of carbonyl (C=O) groups excluding carboxylic acids is 2. The van der Waals surface area contributed by atoms with Crippen molar-refractivity contribution in [3.05, 3.63) is 35.9 Å². The molecule has 1 aromatic heterocycles. The summed E-state index contributed by atoms with van der Waals surface area (Å²) in [6.07, 6.45) is 0. The number of morpholine rings is 1. The van der Waals surface area contributed by atoms with E-state index in [-0.39, 0.29) is 17.6 Å². The van der Waals surface area contributed by atoms with Gasteiger partial charge < -0.3 is 9.64 Å². The number of aromatic nitrogens is 2. The number of thioether (sulfide) groups is 2. The standard InChI is InChI=1S/C17H20N4O3S3/c22-14(11-25-12-15(23)21-6-8-24-9-7-21)18-16-19-20-17(27-16)26-10-13-4-2-1-3-5-13/h1-5H,6-12H2,(H,18,19,22). The fourth-order valence-corrected chi connectivity index (χ4v) is 4.77. The fraction of sp³-hybridized carbons (Fsp3) is 0.412. The molecule has 2 aromatic rings. The van der Waals surface area contributed by atoms with Crippen LogP contribution in [0.4, 0.5) is 5.13 Å². The zero-order valence-electron chi connectivity index (χ0n) is 14.6. The van der Waals surface area contributed by atoms with Gasteiger partial charge in [0.1, 0.15) is 0 Å². The van der Waals surface area contributed by atoms with Gasteiger partial charge in [0.05, 0.1) is 24.7 Å². The third-order valence-electron chi connectivity index (χ3n) is 3.68. The lowest BCUT2D eigenvalue weighted by atomic mass is 10.2. The topological polar surface area (TPSA) is 84.4 Å². The second-order valence-electron chi connectivity index (χ2n) is 5.68. The number of benzene rings is 1. The van der Waals surface area contributed by atoms with E-state index in [1.807, 2.05) is 18.2 Å². The molecule has 0 unspecified atom stereocenters. The number of hydrogen-bond donors (Lipinski definition) is 1. The van der Waals surface area contributed by atoms with E-state index < -0.39 is 0 Å². The largest absolute Gasteiger partial charge is 0.378 e. The summed E-state index contributed by atoms with van der Waals surface area (Å²) in [5, 5.41) is 11.3. The predicted molar refractivity (Wildman–Crippen MR) is 109 cm³/mol. The molecular weight excluding hydrogens is 404 g/mol. The highest BCUT2D eigenvalue weighted by Crippen LogP contribution is 2.28. The summed E-state index contributed by atoms with van der Waals surface area (Å²) >= 11 is 4.24. The zero-order valence-corrected chi connectivity index (χ0v) is 17.1. The molecule has 1 N–H and O–H groups in total. The lowest BCUT2D eigenvalue weighted by Crippen LogP contribution is -2.41. The lowest BCUT2D eigenvalue weighted by Gasteiger charge is -2.26. The molecule has 1 aliphatic rings. The van der Waals surface area contributed by atoms with Gasteiger partial charge in [-0.25, -0.2) is 0 Å². The number of anilines is 1.